The molecule has 4 heterocycles. The van der Waals surface area contributed by atoms with Crippen molar-refractivity contribution >= 4 is 164 Å². The van der Waals surface area contributed by atoms with E-state index in [0.717, 1.165) is 11.4 Å². The molecule has 2 aliphatic heterocycles. The molecule has 16 aromatic rings. The number of hydrogen-bond acceptors (Lipinski definition) is 3. The van der Waals surface area contributed by atoms with Crippen molar-refractivity contribution in [3.63, 3.8) is 0 Å². The van der Waals surface area contributed by atoms with Crippen LogP contribution in [0, 0.1) is 0 Å². The van der Waals surface area contributed by atoms with Crippen LogP contribution in [0.4, 0.5) is 34.1 Å². The molecule has 18 rings (SSSR count). The van der Waals surface area contributed by atoms with Gasteiger partial charge in [-0.15, -0.1) is 11.3 Å². The van der Waals surface area contributed by atoms with Crippen LogP contribution in [0.1, 0.15) is 26.3 Å². The Hall–Kier alpha value is -9.68. The Balaban J connectivity index is 0.968. The van der Waals surface area contributed by atoms with Crippen LogP contribution in [0.15, 0.2) is 249 Å². The highest BCUT2D eigenvalue weighted by molar-refractivity contribution is 7.33. The smallest absolute Gasteiger partial charge is 0.264 e. The highest BCUT2D eigenvalue weighted by Gasteiger charge is 2.46. The molecule has 0 fully saturated rings. The Morgan fingerprint density at radius 1 is 0.358 bits per heavy atom. The zero-order valence-corrected chi connectivity index (χ0v) is 45.8. The summed E-state index contributed by atoms with van der Waals surface area (Å²) in [6.45, 7) is 7.08. The van der Waals surface area contributed by atoms with Crippen molar-refractivity contribution in [2.45, 2.75) is 26.2 Å². The molecule has 0 saturated heterocycles. The number of benzene rings is 14. The molecule has 81 heavy (non-hydrogen) atoms. The minimum Gasteiger partial charge on any atom is -0.311 e. The van der Waals surface area contributed by atoms with E-state index < -0.39 is 0 Å². The molecule has 0 amide bonds. The van der Waals surface area contributed by atoms with Crippen molar-refractivity contribution in [1.29, 1.82) is 0 Å². The standard InChI is InChI=1S/C76H50BN3S/c1-76(2,3)51-42-67-73-68(43-51)80(65-28-12-8-23-58(65)59-25-15-19-48-35-37-55-54-20-5-4-16-45(54)34-38-60(55)72(48)59)66-44-52(78-63-26-10-6-21-56(63)57-22-7-11-27-64(57)78)36-39-62(66)77(73)75-74(61-24-9-13-29-69(61)81-75)79(67)53-40-49-32-30-46-17-14-18-47-31-33-50(41-53)71(49)70(46)47/h4-44H,1-3H3. The Morgan fingerprint density at radius 2 is 0.914 bits per heavy atom. The van der Waals surface area contributed by atoms with E-state index in [-0.39, 0.29) is 12.1 Å². The third-order valence-corrected chi connectivity index (χ3v) is 19.4. The van der Waals surface area contributed by atoms with E-state index in [1.165, 1.54) is 157 Å². The van der Waals surface area contributed by atoms with Gasteiger partial charge in [0.05, 0.1) is 22.4 Å². The lowest BCUT2D eigenvalue weighted by Crippen LogP contribution is -2.60. The lowest BCUT2D eigenvalue weighted by Gasteiger charge is -2.44. The summed E-state index contributed by atoms with van der Waals surface area (Å²) < 4.78 is 5.15. The van der Waals surface area contributed by atoms with Crippen molar-refractivity contribution in [3.05, 3.63) is 254 Å². The third-order valence-electron chi connectivity index (χ3n) is 18.2. The average Bonchev–Trinajstić information content (AvgIpc) is 3.73. The van der Waals surface area contributed by atoms with E-state index in [1.54, 1.807) is 0 Å². The first-order valence-electron chi connectivity index (χ1n) is 28.4. The molecule has 0 saturated carbocycles. The molecular weight excluding hydrogens is 998 g/mol. The van der Waals surface area contributed by atoms with Crippen molar-refractivity contribution in [2.75, 3.05) is 9.80 Å². The van der Waals surface area contributed by atoms with Gasteiger partial charge in [0.15, 0.2) is 0 Å². The molecule has 0 aliphatic carbocycles. The van der Waals surface area contributed by atoms with Gasteiger partial charge in [0.1, 0.15) is 0 Å². The van der Waals surface area contributed by atoms with E-state index >= 15 is 0 Å². The summed E-state index contributed by atoms with van der Waals surface area (Å²) in [7, 11) is 0. The van der Waals surface area contributed by atoms with E-state index in [4.69, 9.17) is 0 Å². The summed E-state index contributed by atoms with van der Waals surface area (Å²) in [6.07, 6.45) is 0. The first-order chi connectivity index (χ1) is 39.8. The molecule has 0 N–H and O–H groups in total. The summed E-state index contributed by atoms with van der Waals surface area (Å²) in [6, 6.07) is 94.6. The fourth-order valence-corrected chi connectivity index (χ4v) is 15.9. The third kappa shape index (κ3) is 6.30. The minimum atomic E-state index is -0.204. The second kappa shape index (κ2) is 16.5. The fourth-order valence-electron chi connectivity index (χ4n) is 14.6. The van der Waals surface area contributed by atoms with Crippen LogP contribution >= 0.6 is 11.3 Å². The molecule has 3 nitrogen and oxygen atoms in total. The Kier molecular flexibility index (Phi) is 9.18. The van der Waals surface area contributed by atoms with E-state index in [1.807, 2.05) is 11.3 Å². The number of rotatable bonds is 4. The Bertz CT molecular complexity index is 5270. The number of para-hydroxylation sites is 3. The Morgan fingerprint density at radius 3 is 1.67 bits per heavy atom. The highest BCUT2D eigenvalue weighted by Crippen LogP contribution is 2.53. The van der Waals surface area contributed by atoms with Gasteiger partial charge >= 0.3 is 0 Å². The summed E-state index contributed by atoms with van der Waals surface area (Å²) in [5.41, 5.74) is 16.9. The van der Waals surface area contributed by atoms with Gasteiger partial charge in [-0.3, -0.25) is 0 Å². The van der Waals surface area contributed by atoms with E-state index in [2.05, 4.69) is 284 Å². The zero-order valence-electron chi connectivity index (χ0n) is 45.0. The van der Waals surface area contributed by atoms with Crippen molar-refractivity contribution in [2.24, 2.45) is 0 Å². The maximum atomic E-state index is 2.67. The van der Waals surface area contributed by atoms with Gasteiger partial charge in [0.2, 0.25) is 0 Å². The SMILES string of the molecule is CC(C)(C)c1cc2c3c(c1)N(c1cc4ccc5cccc6ccc(c1)c4c56)c1c(sc4ccccc14)B3c1ccc(-n3c4ccccc4c4ccccc43)cc1N2c1ccccc1-c1cccc2ccc3c4ccccc4ccc3c12. The first-order valence-corrected chi connectivity index (χ1v) is 29.2. The monoisotopic (exact) mass is 1050 g/mol. The number of anilines is 6. The molecule has 0 unspecified atom stereocenters. The second-order valence-corrected chi connectivity index (χ2v) is 24.6. The molecule has 2 aliphatic rings. The molecular formula is C76H50BN3S. The summed E-state index contributed by atoms with van der Waals surface area (Å²) in [5.74, 6) is 0. The fraction of sp³-hybridized carbons (Fsp3) is 0.0526. The average molecular weight is 1050 g/mol. The van der Waals surface area contributed by atoms with Crippen molar-refractivity contribution < 1.29 is 0 Å². The van der Waals surface area contributed by atoms with Crippen molar-refractivity contribution in [3.8, 4) is 16.8 Å². The van der Waals surface area contributed by atoms with Crippen LogP contribution < -0.4 is 25.5 Å². The maximum Gasteiger partial charge on any atom is 0.264 e. The highest BCUT2D eigenvalue weighted by atomic mass is 32.1. The molecule has 0 spiro atoms. The van der Waals surface area contributed by atoms with Crippen LogP contribution in [0.3, 0.4) is 0 Å². The van der Waals surface area contributed by atoms with Crippen LogP contribution in [0.2, 0.25) is 0 Å². The van der Waals surface area contributed by atoms with E-state index in [0.29, 0.717) is 0 Å². The normalized spacial score (nSPS) is 13.3. The lowest BCUT2D eigenvalue weighted by molar-refractivity contribution is 0.590. The number of aromatic nitrogens is 1. The molecule has 5 heteroatoms. The number of fused-ring (bicyclic) bond motifs is 14. The number of nitrogens with zero attached hydrogens (tertiary/aromatic N) is 3. The van der Waals surface area contributed by atoms with Gasteiger partial charge in [0, 0.05) is 59.6 Å². The van der Waals surface area contributed by atoms with Crippen LogP contribution in [-0.2, 0) is 5.41 Å². The number of hydrogen-bond donors (Lipinski definition) is 0. The lowest BCUT2D eigenvalue weighted by atomic mass is 9.36. The number of thiophene rings is 1. The summed E-state index contributed by atoms with van der Waals surface area (Å²) in [4.78, 5) is 5.33. The summed E-state index contributed by atoms with van der Waals surface area (Å²) >= 11 is 1.96. The molecule has 14 aromatic carbocycles. The largest absolute Gasteiger partial charge is 0.311 e. The van der Waals surface area contributed by atoms with Gasteiger partial charge in [0.25, 0.3) is 6.71 Å². The summed E-state index contributed by atoms with van der Waals surface area (Å²) in [5, 5.41) is 19.1. The van der Waals surface area contributed by atoms with Crippen LogP contribution in [0.25, 0.3) is 113 Å². The topological polar surface area (TPSA) is 11.4 Å². The predicted octanol–water partition coefficient (Wildman–Crippen LogP) is 19.4. The van der Waals surface area contributed by atoms with Gasteiger partial charge in [-0.25, -0.2) is 0 Å². The molecule has 0 atom stereocenters. The van der Waals surface area contributed by atoms with Crippen molar-refractivity contribution in [1.82, 2.24) is 4.57 Å². The second-order valence-electron chi connectivity index (χ2n) is 23.6. The molecule has 2 aromatic heterocycles. The first kappa shape index (κ1) is 45.2. The maximum absolute atomic E-state index is 2.67. The zero-order chi connectivity index (χ0) is 53.4. The minimum absolute atomic E-state index is 0.0572. The predicted molar refractivity (Wildman–Crippen MR) is 351 cm³/mol. The van der Waals surface area contributed by atoms with Gasteiger partial charge in [-0.05, 0) is 153 Å². The Labute approximate surface area is 473 Å². The van der Waals surface area contributed by atoms with Gasteiger partial charge in [-0.2, -0.15) is 0 Å². The van der Waals surface area contributed by atoms with Crippen LogP contribution in [-0.4, -0.2) is 11.3 Å². The van der Waals surface area contributed by atoms with Gasteiger partial charge < -0.3 is 14.4 Å². The molecule has 378 valence electrons. The van der Waals surface area contributed by atoms with Gasteiger partial charge in [-0.1, -0.05) is 209 Å². The molecule has 0 radical (unpaired) electrons. The molecule has 0 bridgehead atoms. The van der Waals surface area contributed by atoms with Crippen LogP contribution in [0.5, 0.6) is 0 Å². The quantitative estimate of drug-likeness (QED) is 0.129. The van der Waals surface area contributed by atoms with E-state index in [9.17, 15) is 0 Å².